The van der Waals surface area contributed by atoms with E-state index < -0.39 is 42.9 Å². The van der Waals surface area contributed by atoms with Gasteiger partial charge in [0, 0.05) is 37.6 Å². The van der Waals surface area contributed by atoms with Gasteiger partial charge in [0.2, 0.25) is 0 Å². The first kappa shape index (κ1) is 25.6. The van der Waals surface area contributed by atoms with Crippen LogP contribution in [0.4, 0.5) is 4.79 Å². The summed E-state index contributed by atoms with van der Waals surface area (Å²) in [5.41, 5.74) is 7.17. The van der Waals surface area contributed by atoms with E-state index in [0.29, 0.717) is 17.7 Å². The number of pyridine rings is 1. The highest BCUT2D eigenvalue weighted by molar-refractivity contribution is 6.47. The number of aromatic nitrogens is 1. The third-order valence-electron chi connectivity index (χ3n) is 6.16. The van der Waals surface area contributed by atoms with Crippen LogP contribution in [0.15, 0.2) is 47.7 Å². The largest absolute Gasteiger partial charge is 0.549 e. The Labute approximate surface area is 212 Å². The lowest BCUT2D eigenvalue weighted by Gasteiger charge is -2.33. The highest BCUT2D eigenvalue weighted by atomic mass is 16.5. The number of fused-ring (bicyclic) bond motifs is 1. The average Bonchev–Trinajstić information content (AvgIpc) is 2.89. The van der Waals surface area contributed by atoms with Gasteiger partial charge in [0.1, 0.15) is 23.6 Å². The van der Waals surface area contributed by atoms with Crippen molar-refractivity contribution in [1.29, 1.82) is 0 Å². The quantitative estimate of drug-likeness (QED) is 0.174. The van der Waals surface area contributed by atoms with Crippen molar-refractivity contribution >= 4 is 36.8 Å². The van der Waals surface area contributed by atoms with Crippen LogP contribution in [0.2, 0.25) is 0 Å². The molecule has 2 aliphatic heterocycles. The van der Waals surface area contributed by atoms with Crippen LogP contribution in [0, 0.1) is 0 Å². The van der Waals surface area contributed by atoms with Gasteiger partial charge < -0.3 is 30.7 Å². The monoisotopic (exact) mass is 508 g/mol. The predicted octanol–water partition coefficient (Wildman–Crippen LogP) is -0.398. The van der Waals surface area contributed by atoms with Gasteiger partial charge in [-0.25, -0.2) is 9.59 Å². The highest BCUT2D eigenvalue weighted by Gasteiger charge is 2.39. The smallest absolute Gasteiger partial charge is 0.534 e. The fourth-order valence-corrected chi connectivity index (χ4v) is 4.20. The van der Waals surface area contributed by atoms with Crippen LogP contribution in [0.25, 0.3) is 0 Å². The van der Waals surface area contributed by atoms with Gasteiger partial charge in [0.25, 0.3) is 0 Å². The van der Waals surface area contributed by atoms with Crippen LogP contribution in [0.5, 0.6) is 5.75 Å². The first-order valence-electron chi connectivity index (χ1n) is 11.6. The molecule has 2 aromatic rings. The Morgan fingerprint density at radius 3 is 2.73 bits per heavy atom. The number of carbonyl (C=O) groups excluding carboxylic acids is 3. The molecule has 37 heavy (non-hydrogen) atoms. The second-order valence-corrected chi connectivity index (χ2v) is 8.44. The Balaban J connectivity index is 1.59. The first-order chi connectivity index (χ1) is 17.7. The van der Waals surface area contributed by atoms with Crippen molar-refractivity contribution in [3.05, 3.63) is 59.4 Å². The number of para-hydroxylation sites is 1. The number of rotatable bonds is 6. The summed E-state index contributed by atoms with van der Waals surface area (Å²) < 4.78 is 5.46. The van der Waals surface area contributed by atoms with Gasteiger partial charge in [0.05, 0.1) is 5.56 Å². The van der Waals surface area contributed by atoms with Crippen LogP contribution in [0.3, 0.4) is 0 Å². The number of nitrogens with one attached hydrogen (secondary N) is 1. The Morgan fingerprint density at radius 2 is 2.05 bits per heavy atom. The molecule has 5 N–H and O–H groups in total. The summed E-state index contributed by atoms with van der Waals surface area (Å²) in [6.07, 6.45) is 3.10. The number of aliphatic imine (C=N–C) groups is 1. The summed E-state index contributed by atoms with van der Waals surface area (Å²) >= 11 is 0. The van der Waals surface area contributed by atoms with E-state index in [1.807, 2.05) is 0 Å². The minimum Gasteiger partial charge on any atom is -0.534 e. The molecule has 1 unspecified atom stereocenters. The zero-order chi connectivity index (χ0) is 26.7. The molecule has 14 heteroatoms. The van der Waals surface area contributed by atoms with Crippen molar-refractivity contribution in [3.63, 3.8) is 0 Å². The minimum absolute atomic E-state index is 0.0128. The molecule has 192 valence electrons. The number of amidine groups is 1. The van der Waals surface area contributed by atoms with Crippen molar-refractivity contribution in [2.75, 3.05) is 19.6 Å². The lowest BCUT2D eigenvalue weighted by molar-refractivity contribution is -0.153. The van der Waals surface area contributed by atoms with E-state index in [4.69, 9.17) is 10.4 Å². The SMILES string of the molecule is CCN1CCN(C(=O)NC(/C(N)=N/[C@H]2Cc3cccc(C(=O)O)c3OB2O)c2cccnc2)C(=O)C1=O. The maximum Gasteiger partial charge on any atom is 0.549 e. The number of urea groups is 1. The van der Waals surface area contributed by atoms with Crippen molar-refractivity contribution in [3.8, 4) is 5.75 Å². The van der Waals surface area contributed by atoms with E-state index >= 15 is 0 Å². The zero-order valence-electron chi connectivity index (χ0n) is 19.9. The van der Waals surface area contributed by atoms with Gasteiger partial charge in [-0.15, -0.1) is 0 Å². The van der Waals surface area contributed by atoms with E-state index in [1.54, 1.807) is 31.2 Å². The molecule has 4 amide bonds. The van der Waals surface area contributed by atoms with Gasteiger partial charge in [-0.3, -0.25) is 24.5 Å². The summed E-state index contributed by atoms with van der Waals surface area (Å²) in [6.45, 7) is 2.31. The molecule has 0 spiro atoms. The van der Waals surface area contributed by atoms with E-state index in [2.05, 4.69) is 15.3 Å². The third kappa shape index (κ3) is 5.23. The van der Waals surface area contributed by atoms with Crippen LogP contribution in [0.1, 0.15) is 34.5 Å². The molecule has 2 atom stereocenters. The topological polar surface area (TPSA) is 188 Å². The molecule has 0 bridgehead atoms. The first-order valence-corrected chi connectivity index (χ1v) is 11.6. The lowest BCUT2D eigenvalue weighted by Crippen LogP contribution is -2.59. The second kappa shape index (κ2) is 10.7. The van der Waals surface area contributed by atoms with E-state index in [-0.39, 0.29) is 36.7 Å². The lowest BCUT2D eigenvalue weighted by atomic mass is 9.72. The Kier molecular flexibility index (Phi) is 7.38. The number of piperazine rings is 1. The Bertz CT molecular complexity index is 1260. The summed E-state index contributed by atoms with van der Waals surface area (Å²) in [4.78, 5) is 59.8. The van der Waals surface area contributed by atoms with E-state index in [1.165, 1.54) is 23.4 Å². The van der Waals surface area contributed by atoms with Gasteiger partial charge >= 0.3 is 30.9 Å². The highest BCUT2D eigenvalue weighted by Crippen LogP contribution is 2.31. The van der Waals surface area contributed by atoms with Crippen molar-refractivity contribution in [1.82, 2.24) is 20.1 Å². The van der Waals surface area contributed by atoms with Crippen LogP contribution >= 0.6 is 0 Å². The number of carboxylic acids is 1. The molecule has 1 aromatic heterocycles. The number of likely N-dealkylation sites (N-methyl/N-ethyl adjacent to an activating group) is 1. The van der Waals surface area contributed by atoms with Gasteiger partial charge in [-0.05, 0) is 31.0 Å². The average molecular weight is 508 g/mol. The molecule has 2 aliphatic rings. The number of nitrogens with two attached hydrogens (primary N) is 1. The summed E-state index contributed by atoms with van der Waals surface area (Å²) in [7, 11) is -1.50. The van der Waals surface area contributed by atoms with Crippen LogP contribution in [-0.4, -0.2) is 87.3 Å². The van der Waals surface area contributed by atoms with Crippen LogP contribution in [-0.2, 0) is 16.0 Å². The summed E-state index contributed by atoms with van der Waals surface area (Å²) in [6, 6.07) is 5.97. The molecule has 0 radical (unpaired) electrons. The van der Waals surface area contributed by atoms with Gasteiger partial charge in [0.15, 0.2) is 0 Å². The fraction of sp³-hybridized carbons (Fsp3) is 0.304. The Morgan fingerprint density at radius 1 is 1.27 bits per heavy atom. The molecule has 3 heterocycles. The maximum atomic E-state index is 13.0. The molecule has 1 fully saturated rings. The van der Waals surface area contributed by atoms with Gasteiger partial charge in [-0.2, -0.15) is 0 Å². The van der Waals surface area contributed by atoms with E-state index in [9.17, 15) is 29.3 Å². The second-order valence-electron chi connectivity index (χ2n) is 8.44. The zero-order valence-corrected chi connectivity index (χ0v) is 19.9. The van der Waals surface area contributed by atoms with Crippen LogP contribution < -0.4 is 15.7 Å². The maximum absolute atomic E-state index is 13.0. The molecule has 13 nitrogen and oxygen atoms in total. The predicted molar refractivity (Wildman–Crippen MR) is 131 cm³/mol. The molecular formula is C23H25BN6O7. The number of carbonyl (C=O) groups is 4. The number of aromatic carboxylic acids is 1. The number of hydrogen-bond acceptors (Lipinski definition) is 8. The number of amides is 4. The standard InChI is InChI=1S/C23H25BN6O7/c1-2-29-9-10-30(21(32)20(29)31)23(35)28-17(14-6-4-8-26-12-14)19(25)27-16-11-13-5-3-7-15(22(33)34)18(13)37-24(16)36/h3-8,12,16-17,36H,2,9-11H2,1H3,(H2,25,27)(H,28,35)(H,33,34)/t16-,17?/m0/s1. The molecule has 0 aliphatic carbocycles. The number of nitrogens with zero attached hydrogens (tertiary/aromatic N) is 4. The normalized spacial score (nSPS) is 18.7. The number of imide groups is 1. The van der Waals surface area contributed by atoms with Crippen molar-refractivity contribution in [2.45, 2.75) is 25.3 Å². The molecule has 4 rings (SSSR count). The van der Waals surface area contributed by atoms with E-state index in [0.717, 1.165) is 4.90 Å². The number of carboxylic acid groups (broad SMARTS) is 1. The third-order valence-corrected chi connectivity index (χ3v) is 6.16. The number of benzene rings is 1. The number of hydrogen-bond donors (Lipinski definition) is 4. The van der Waals surface area contributed by atoms with Crippen molar-refractivity contribution < 1.29 is 34.0 Å². The minimum atomic E-state index is -1.50. The van der Waals surface area contributed by atoms with Crippen molar-refractivity contribution in [2.24, 2.45) is 10.7 Å². The molecule has 0 saturated carbocycles. The summed E-state index contributed by atoms with van der Waals surface area (Å²) in [5, 5.41) is 22.6. The fourth-order valence-electron chi connectivity index (χ4n) is 4.20. The molecular weight excluding hydrogens is 483 g/mol. The molecule has 1 saturated heterocycles. The molecule has 1 aromatic carbocycles. The Hall–Kier alpha value is -4.46. The summed E-state index contributed by atoms with van der Waals surface area (Å²) in [5.74, 6) is -3.89. The van der Waals surface area contributed by atoms with Gasteiger partial charge in [-0.1, -0.05) is 18.2 Å².